The summed E-state index contributed by atoms with van der Waals surface area (Å²) < 4.78 is 1.71. The van der Waals surface area contributed by atoms with E-state index in [0.717, 1.165) is 5.69 Å². The molecule has 0 spiro atoms. The number of pyridine rings is 2. The molecule has 0 aliphatic carbocycles. The third-order valence-corrected chi connectivity index (χ3v) is 2.93. The Morgan fingerprint density at radius 3 is 2.90 bits per heavy atom. The Bertz CT molecular complexity index is 739. The Morgan fingerprint density at radius 2 is 2.05 bits per heavy atom. The highest BCUT2D eigenvalue weighted by Crippen LogP contribution is 2.06. The van der Waals surface area contributed by atoms with Gasteiger partial charge in [-0.25, -0.2) is 4.79 Å². The zero-order chi connectivity index (χ0) is 14.5. The minimum absolute atomic E-state index is 0.316. The fraction of sp³-hybridized carbons (Fsp3) is 0.143. The van der Waals surface area contributed by atoms with Gasteiger partial charge in [0.25, 0.3) is 0 Å². The van der Waals surface area contributed by atoms with E-state index < -0.39 is 0 Å². The van der Waals surface area contributed by atoms with Crippen molar-refractivity contribution >= 4 is 17.6 Å². The maximum atomic E-state index is 11.8. The van der Waals surface area contributed by atoms with E-state index in [1.165, 1.54) is 0 Å². The summed E-state index contributed by atoms with van der Waals surface area (Å²) in [6.07, 6.45) is 4.20. The molecule has 0 bridgehead atoms. The minimum Gasteiger partial charge on any atom is -0.337 e. The van der Waals surface area contributed by atoms with Gasteiger partial charge in [0.2, 0.25) is 5.95 Å². The fourth-order valence-corrected chi connectivity index (χ4v) is 1.92. The molecule has 7 heteroatoms. The summed E-state index contributed by atoms with van der Waals surface area (Å²) >= 11 is 0. The van der Waals surface area contributed by atoms with Gasteiger partial charge in [0.15, 0.2) is 5.65 Å². The highest BCUT2D eigenvalue weighted by molar-refractivity contribution is 5.87. The van der Waals surface area contributed by atoms with Crippen LogP contribution in [0.4, 0.5) is 10.7 Å². The molecular weight excluding hydrogens is 268 g/mol. The first kappa shape index (κ1) is 13.0. The average molecular weight is 282 g/mol. The van der Waals surface area contributed by atoms with Crippen LogP contribution in [0.25, 0.3) is 5.65 Å². The van der Waals surface area contributed by atoms with Gasteiger partial charge in [-0.15, -0.1) is 10.2 Å². The van der Waals surface area contributed by atoms with Crippen molar-refractivity contribution in [1.82, 2.24) is 24.9 Å². The van der Waals surface area contributed by atoms with E-state index in [0.29, 0.717) is 24.6 Å². The van der Waals surface area contributed by atoms with E-state index in [1.54, 1.807) is 16.8 Å². The quantitative estimate of drug-likeness (QED) is 0.759. The number of rotatable bonds is 4. The maximum Gasteiger partial charge on any atom is 0.321 e. The topological polar surface area (TPSA) is 84.2 Å². The number of fused-ring (bicyclic) bond motifs is 1. The molecule has 21 heavy (non-hydrogen) atoms. The molecule has 0 aromatic carbocycles. The minimum atomic E-state index is -0.316. The smallest absolute Gasteiger partial charge is 0.321 e. The Balaban J connectivity index is 1.55. The summed E-state index contributed by atoms with van der Waals surface area (Å²) in [6, 6.07) is 10.9. The van der Waals surface area contributed by atoms with Gasteiger partial charge in [0, 0.05) is 31.1 Å². The highest BCUT2D eigenvalue weighted by atomic mass is 16.2. The number of amides is 2. The lowest BCUT2D eigenvalue weighted by atomic mass is 10.3. The molecule has 0 unspecified atom stereocenters. The number of urea groups is 1. The molecule has 0 atom stereocenters. The molecule has 2 amide bonds. The van der Waals surface area contributed by atoms with Crippen molar-refractivity contribution in [2.24, 2.45) is 0 Å². The fourth-order valence-electron chi connectivity index (χ4n) is 1.92. The van der Waals surface area contributed by atoms with Crippen LogP contribution in [0.5, 0.6) is 0 Å². The molecule has 7 nitrogen and oxygen atoms in total. The van der Waals surface area contributed by atoms with Gasteiger partial charge in [-0.2, -0.15) is 0 Å². The van der Waals surface area contributed by atoms with Crippen molar-refractivity contribution in [3.63, 3.8) is 0 Å². The molecule has 3 aromatic heterocycles. The first-order valence-electron chi connectivity index (χ1n) is 6.57. The number of anilines is 1. The lowest BCUT2D eigenvalue weighted by molar-refractivity contribution is 0.252. The van der Waals surface area contributed by atoms with Crippen molar-refractivity contribution in [2.75, 3.05) is 11.9 Å². The molecule has 0 radical (unpaired) electrons. The second kappa shape index (κ2) is 6.00. The van der Waals surface area contributed by atoms with Crippen LogP contribution < -0.4 is 10.6 Å². The third kappa shape index (κ3) is 3.14. The molecule has 0 saturated carbocycles. The SMILES string of the molecule is O=C(NCCc1ccccn1)Nc1nnc2ccccn12. The van der Waals surface area contributed by atoms with Gasteiger partial charge in [0.05, 0.1) is 0 Å². The van der Waals surface area contributed by atoms with E-state index in [1.807, 2.05) is 36.4 Å². The molecule has 3 aromatic rings. The number of nitrogens with one attached hydrogen (secondary N) is 2. The van der Waals surface area contributed by atoms with E-state index in [4.69, 9.17) is 0 Å². The van der Waals surface area contributed by atoms with Crippen LogP contribution in [0.3, 0.4) is 0 Å². The number of aromatic nitrogens is 4. The van der Waals surface area contributed by atoms with E-state index in [2.05, 4.69) is 25.8 Å². The van der Waals surface area contributed by atoms with Gasteiger partial charge in [-0.1, -0.05) is 12.1 Å². The van der Waals surface area contributed by atoms with Crippen LogP contribution in [0.2, 0.25) is 0 Å². The Kier molecular flexibility index (Phi) is 3.72. The van der Waals surface area contributed by atoms with Gasteiger partial charge < -0.3 is 5.32 Å². The van der Waals surface area contributed by atoms with Crippen LogP contribution in [-0.2, 0) is 6.42 Å². The highest BCUT2D eigenvalue weighted by Gasteiger charge is 2.07. The monoisotopic (exact) mass is 282 g/mol. The van der Waals surface area contributed by atoms with Crippen LogP contribution in [0, 0.1) is 0 Å². The molecule has 0 saturated heterocycles. The summed E-state index contributed by atoms with van der Waals surface area (Å²) in [7, 11) is 0. The van der Waals surface area contributed by atoms with E-state index in [-0.39, 0.29) is 6.03 Å². The second-order valence-corrected chi connectivity index (χ2v) is 4.40. The molecule has 0 aliphatic heterocycles. The maximum absolute atomic E-state index is 11.8. The average Bonchev–Trinajstić information content (AvgIpc) is 2.92. The number of nitrogens with zero attached hydrogens (tertiary/aromatic N) is 4. The van der Waals surface area contributed by atoms with Gasteiger partial charge in [-0.3, -0.25) is 14.7 Å². The number of carbonyl (C=O) groups excluding carboxylic acids is 1. The normalized spacial score (nSPS) is 10.5. The van der Waals surface area contributed by atoms with Crippen LogP contribution >= 0.6 is 0 Å². The van der Waals surface area contributed by atoms with E-state index in [9.17, 15) is 4.79 Å². The Morgan fingerprint density at radius 1 is 1.14 bits per heavy atom. The van der Waals surface area contributed by atoms with Crippen LogP contribution in [0.15, 0.2) is 48.8 Å². The summed E-state index contributed by atoms with van der Waals surface area (Å²) in [6.45, 7) is 0.500. The number of hydrogen-bond acceptors (Lipinski definition) is 4. The number of hydrogen-bond donors (Lipinski definition) is 2. The predicted molar refractivity (Wildman–Crippen MR) is 77.9 cm³/mol. The van der Waals surface area contributed by atoms with Gasteiger partial charge >= 0.3 is 6.03 Å². The zero-order valence-corrected chi connectivity index (χ0v) is 11.2. The van der Waals surface area contributed by atoms with Crippen molar-refractivity contribution in [2.45, 2.75) is 6.42 Å². The van der Waals surface area contributed by atoms with Gasteiger partial charge in [0.1, 0.15) is 0 Å². The van der Waals surface area contributed by atoms with Crippen LogP contribution in [-0.4, -0.2) is 32.2 Å². The molecule has 0 fully saturated rings. The lowest BCUT2D eigenvalue weighted by Gasteiger charge is -2.05. The van der Waals surface area contributed by atoms with Crippen LogP contribution in [0.1, 0.15) is 5.69 Å². The van der Waals surface area contributed by atoms with Gasteiger partial charge in [-0.05, 0) is 24.3 Å². The van der Waals surface area contributed by atoms with Crippen molar-refractivity contribution in [3.8, 4) is 0 Å². The summed E-state index contributed by atoms with van der Waals surface area (Å²) in [4.78, 5) is 16.0. The first-order chi connectivity index (χ1) is 10.3. The lowest BCUT2D eigenvalue weighted by Crippen LogP contribution is -2.31. The standard InChI is InChI=1S/C14H14N6O/c21-14(16-9-7-11-5-1-3-8-15-11)17-13-19-18-12-6-2-4-10-20(12)13/h1-6,8,10H,7,9H2,(H2,16,17,19,21). The van der Waals surface area contributed by atoms with E-state index >= 15 is 0 Å². The van der Waals surface area contributed by atoms with Crippen molar-refractivity contribution in [3.05, 3.63) is 54.5 Å². The third-order valence-electron chi connectivity index (χ3n) is 2.93. The molecule has 3 heterocycles. The van der Waals surface area contributed by atoms with Crippen molar-refractivity contribution < 1.29 is 4.79 Å². The summed E-state index contributed by atoms with van der Waals surface area (Å²) in [5.41, 5.74) is 1.62. The molecule has 2 N–H and O–H groups in total. The Hall–Kier alpha value is -2.96. The molecule has 3 rings (SSSR count). The second-order valence-electron chi connectivity index (χ2n) is 4.40. The molecule has 0 aliphatic rings. The largest absolute Gasteiger partial charge is 0.337 e. The molecular formula is C14H14N6O. The molecule has 106 valence electrons. The van der Waals surface area contributed by atoms with Crippen molar-refractivity contribution in [1.29, 1.82) is 0 Å². The Labute approximate surface area is 121 Å². The summed E-state index contributed by atoms with van der Waals surface area (Å²) in [5.74, 6) is 0.390. The predicted octanol–water partition coefficient (Wildman–Crippen LogP) is 1.49. The number of carbonyl (C=O) groups is 1. The first-order valence-corrected chi connectivity index (χ1v) is 6.57. The zero-order valence-electron chi connectivity index (χ0n) is 11.2. The summed E-state index contributed by atoms with van der Waals surface area (Å²) in [5, 5.41) is 13.3.